The highest BCUT2D eigenvalue weighted by molar-refractivity contribution is 7.47. The molecule has 0 bridgehead atoms. The van der Waals surface area contributed by atoms with Crippen LogP contribution in [-0.2, 0) is 37.4 Å². The van der Waals surface area contributed by atoms with Crippen LogP contribution in [0, 0.1) is 0 Å². The molecule has 0 radical (unpaired) electrons. The zero-order valence-corrected chi connectivity index (χ0v) is 40.3. The first-order valence-electron chi connectivity index (χ1n) is 24.2. The summed E-state index contributed by atoms with van der Waals surface area (Å²) in [5, 5.41) is 50.3. The van der Waals surface area contributed by atoms with Gasteiger partial charge in [-0.15, -0.1) is 0 Å². The van der Waals surface area contributed by atoms with Gasteiger partial charge in [0.2, 0.25) is 0 Å². The zero-order valence-electron chi connectivity index (χ0n) is 39.4. The van der Waals surface area contributed by atoms with E-state index in [-0.39, 0.29) is 25.0 Å². The van der Waals surface area contributed by atoms with E-state index in [1.807, 2.05) is 0 Å². The molecule has 10 atom stereocenters. The number of carbonyl (C=O) groups excluding carboxylic acids is 2. The number of ether oxygens (including phenoxy) is 3. The van der Waals surface area contributed by atoms with Crippen LogP contribution >= 0.6 is 7.82 Å². The highest BCUT2D eigenvalue weighted by atomic mass is 31.2. The van der Waals surface area contributed by atoms with Crippen molar-refractivity contribution in [3.05, 3.63) is 97.2 Å². The summed E-state index contributed by atoms with van der Waals surface area (Å²) in [4.78, 5) is 35.9. The minimum Gasteiger partial charge on any atom is -0.462 e. The number of phosphoric acid groups is 1. The third kappa shape index (κ3) is 28.2. The molecule has 66 heavy (non-hydrogen) atoms. The number of rotatable bonds is 37. The molecule has 1 aliphatic carbocycles. The number of unbranched alkanes of at least 4 members (excludes halogenated alkanes) is 6. The van der Waals surface area contributed by atoms with Crippen LogP contribution in [0.2, 0.25) is 0 Å². The number of phosphoric ester groups is 1. The molecule has 2 fully saturated rings. The number of aliphatic hydroxyl groups is 5. The molecule has 14 nitrogen and oxygen atoms in total. The van der Waals surface area contributed by atoms with Gasteiger partial charge in [-0.05, 0) is 96.3 Å². The van der Waals surface area contributed by atoms with Crippen LogP contribution in [0.5, 0.6) is 0 Å². The van der Waals surface area contributed by atoms with Crippen molar-refractivity contribution < 1.29 is 67.8 Å². The van der Waals surface area contributed by atoms with Crippen molar-refractivity contribution in [2.45, 2.75) is 197 Å². The van der Waals surface area contributed by atoms with E-state index in [4.69, 9.17) is 23.3 Å². The topological polar surface area (TPSA) is 222 Å². The summed E-state index contributed by atoms with van der Waals surface area (Å²) in [7, 11) is -5.16. The largest absolute Gasteiger partial charge is 0.472 e. The van der Waals surface area contributed by atoms with E-state index in [9.17, 15) is 44.6 Å². The van der Waals surface area contributed by atoms with E-state index < -0.39 is 75.7 Å². The van der Waals surface area contributed by atoms with Gasteiger partial charge in [-0.2, -0.15) is 0 Å². The van der Waals surface area contributed by atoms with Gasteiger partial charge in [-0.25, -0.2) is 4.57 Å². The lowest BCUT2D eigenvalue weighted by atomic mass is 9.85. The second-order valence-electron chi connectivity index (χ2n) is 16.6. The lowest BCUT2D eigenvalue weighted by Crippen LogP contribution is -2.64. The molecule has 1 saturated carbocycles. The fourth-order valence-corrected chi connectivity index (χ4v) is 7.84. The Bertz CT molecular complexity index is 1590. The number of esters is 2. The third-order valence-electron chi connectivity index (χ3n) is 10.8. The van der Waals surface area contributed by atoms with E-state index in [1.54, 1.807) is 0 Å². The Hall–Kier alpha value is -3.27. The van der Waals surface area contributed by atoms with Gasteiger partial charge in [0, 0.05) is 12.8 Å². The molecule has 15 heteroatoms. The zero-order chi connectivity index (χ0) is 48.3. The molecular formula is C51H81O14P. The van der Waals surface area contributed by atoms with E-state index in [2.05, 4.69) is 111 Å². The lowest BCUT2D eigenvalue weighted by molar-refractivity contribution is -0.220. The highest BCUT2D eigenvalue weighted by Crippen LogP contribution is 2.47. The van der Waals surface area contributed by atoms with Gasteiger partial charge in [0.05, 0.1) is 18.8 Å². The van der Waals surface area contributed by atoms with Crippen molar-refractivity contribution in [2.24, 2.45) is 0 Å². The van der Waals surface area contributed by atoms with Gasteiger partial charge in [0.25, 0.3) is 0 Å². The molecule has 0 aromatic heterocycles. The Labute approximate surface area is 394 Å². The average molecular weight is 949 g/mol. The average Bonchev–Trinajstić information content (AvgIpc) is 4.06. The highest BCUT2D eigenvalue weighted by Gasteiger charge is 2.51. The van der Waals surface area contributed by atoms with Crippen molar-refractivity contribution in [1.82, 2.24) is 0 Å². The second-order valence-corrected chi connectivity index (χ2v) is 18.0. The normalized spacial score (nSPS) is 25.2. The first kappa shape index (κ1) is 58.9. The monoisotopic (exact) mass is 949 g/mol. The maximum Gasteiger partial charge on any atom is 0.472 e. The van der Waals surface area contributed by atoms with Gasteiger partial charge >= 0.3 is 19.8 Å². The minimum absolute atomic E-state index is 0.00551. The summed E-state index contributed by atoms with van der Waals surface area (Å²) in [5.74, 6) is -1.22. The Balaban J connectivity index is 1.75. The van der Waals surface area contributed by atoms with Crippen molar-refractivity contribution in [1.29, 1.82) is 0 Å². The maximum atomic E-state index is 12.9. The molecule has 6 N–H and O–H groups in total. The van der Waals surface area contributed by atoms with Crippen LogP contribution < -0.4 is 0 Å². The SMILES string of the molecule is CC/C=C\C/C=C\C/C=C\C/C=C\C/C=C\CCCCCC(=O)OC[C@H](COP(=O)(O)OC1[C@H](O)[C@H](O)C(O)[C@H](O)[C@H]1O)OC(=O)CCCC1OC1C/C=C\C/C=C\C/C=C\CCCCC. The molecular weight excluding hydrogens is 868 g/mol. The number of hydrogen-bond acceptors (Lipinski definition) is 13. The summed E-state index contributed by atoms with van der Waals surface area (Å²) >= 11 is 0. The molecule has 374 valence electrons. The quantitative estimate of drug-likeness (QED) is 0.0113. The van der Waals surface area contributed by atoms with Gasteiger partial charge in [-0.1, -0.05) is 130 Å². The van der Waals surface area contributed by atoms with Crippen molar-refractivity contribution >= 4 is 19.8 Å². The molecule has 1 heterocycles. The summed E-state index contributed by atoms with van der Waals surface area (Å²) < 4.78 is 39.3. The van der Waals surface area contributed by atoms with Gasteiger partial charge < -0.3 is 44.6 Å². The van der Waals surface area contributed by atoms with E-state index >= 15 is 0 Å². The molecule has 1 aliphatic heterocycles. The van der Waals surface area contributed by atoms with Crippen LogP contribution in [0.15, 0.2) is 97.2 Å². The van der Waals surface area contributed by atoms with Crippen molar-refractivity contribution in [3.8, 4) is 0 Å². The molecule has 2 rings (SSSR count). The number of allylic oxidation sites excluding steroid dienone is 15. The molecule has 0 spiro atoms. The van der Waals surface area contributed by atoms with Crippen LogP contribution in [0.4, 0.5) is 0 Å². The lowest BCUT2D eigenvalue weighted by Gasteiger charge is -2.41. The van der Waals surface area contributed by atoms with E-state index in [0.29, 0.717) is 19.3 Å². The van der Waals surface area contributed by atoms with Crippen LogP contribution in [0.1, 0.15) is 142 Å². The Morgan fingerprint density at radius 1 is 0.561 bits per heavy atom. The Morgan fingerprint density at radius 2 is 1.05 bits per heavy atom. The summed E-state index contributed by atoms with van der Waals surface area (Å²) in [6.07, 6.45) is 37.5. The van der Waals surface area contributed by atoms with Crippen LogP contribution in [-0.4, -0.2) is 111 Å². The molecule has 5 unspecified atom stereocenters. The van der Waals surface area contributed by atoms with Gasteiger partial charge in [0.15, 0.2) is 6.10 Å². The number of aliphatic hydroxyl groups excluding tert-OH is 5. The fraction of sp³-hybridized carbons (Fsp3) is 0.647. The predicted molar refractivity (Wildman–Crippen MR) is 257 cm³/mol. The molecule has 0 aromatic rings. The number of carbonyl (C=O) groups is 2. The number of epoxide rings is 1. The number of hydrogen-bond donors (Lipinski definition) is 6. The smallest absolute Gasteiger partial charge is 0.462 e. The molecule has 1 saturated heterocycles. The maximum absolute atomic E-state index is 12.9. The fourth-order valence-electron chi connectivity index (χ4n) is 6.87. The van der Waals surface area contributed by atoms with Crippen molar-refractivity contribution in [3.63, 3.8) is 0 Å². The van der Waals surface area contributed by atoms with Gasteiger partial charge in [-0.3, -0.25) is 18.6 Å². The Kier molecular flexibility index (Phi) is 32.8. The Morgan fingerprint density at radius 3 is 1.59 bits per heavy atom. The third-order valence-corrected chi connectivity index (χ3v) is 11.8. The summed E-state index contributed by atoms with van der Waals surface area (Å²) in [5.41, 5.74) is 0. The second kappa shape index (κ2) is 36.7. The summed E-state index contributed by atoms with van der Waals surface area (Å²) in [6, 6.07) is 0. The standard InChI is InChI=1S/C51H81O14P/c1-3-5-7-9-11-13-15-17-18-19-20-21-22-23-25-27-29-31-33-37-44(52)61-39-41(40-62-66(59,60)65-51-49(57)47(55)46(54)48(56)50(51)58)63-45(53)38-34-36-43-42(64-43)35-32-30-28-26-24-16-14-12-10-8-6-4-2/h5,7,11-14,17-18,20-21,23-26,30,32,41-43,46-51,54-58H,3-4,6,8-10,15-16,19,22,27-29,31,33-40H2,1-2H3,(H,59,60)/b7-5-,13-11-,14-12-,18-17-,21-20-,25-23-,26-24-,32-30-/t41-,42?,43?,46?,47-,48+,49-,50-,51?/m1/s1. The molecule has 0 aromatic carbocycles. The van der Waals surface area contributed by atoms with Gasteiger partial charge in [0.1, 0.15) is 43.2 Å². The minimum atomic E-state index is -5.16. The first-order chi connectivity index (χ1) is 31.9. The molecule has 2 aliphatic rings. The van der Waals surface area contributed by atoms with E-state index in [1.165, 1.54) is 19.3 Å². The first-order valence-corrected chi connectivity index (χ1v) is 25.7. The molecule has 0 amide bonds. The predicted octanol–water partition coefficient (Wildman–Crippen LogP) is 8.82. The van der Waals surface area contributed by atoms with Crippen LogP contribution in [0.25, 0.3) is 0 Å². The summed E-state index contributed by atoms with van der Waals surface area (Å²) in [6.45, 7) is 3.06. The van der Waals surface area contributed by atoms with E-state index in [0.717, 1.165) is 77.0 Å². The van der Waals surface area contributed by atoms with Crippen LogP contribution in [0.3, 0.4) is 0 Å². The van der Waals surface area contributed by atoms with Crippen molar-refractivity contribution in [2.75, 3.05) is 13.2 Å².